The van der Waals surface area contributed by atoms with Gasteiger partial charge in [0.15, 0.2) is 0 Å². The molecule has 0 aromatic rings. The molecule has 90 valence electrons. The molecule has 0 bridgehead atoms. The van der Waals surface area contributed by atoms with Crippen LogP contribution in [0.25, 0.3) is 0 Å². The highest BCUT2D eigenvalue weighted by atomic mass is 16.5. The Labute approximate surface area is 94.8 Å². The first-order valence-corrected chi connectivity index (χ1v) is 6.38. The number of hydrogen-bond acceptors (Lipinski definition) is 2. The first kappa shape index (κ1) is 13.0. The van der Waals surface area contributed by atoms with Crippen molar-refractivity contribution in [1.29, 1.82) is 0 Å². The van der Waals surface area contributed by atoms with E-state index in [9.17, 15) is 0 Å². The summed E-state index contributed by atoms with van der Waals surface area (Å²) in [5, 5.41) is 3.47. The van der Waals surface area contributed by atoms with Gasteiger partial charge in [-0.1, -0.05) is 13.8 Å². The molecule has 0 saturated carbocycles. The van der Waals surface area contributed by atoms with Crippen LogP contribution in [0.3, 0.4) is 0 Å². The topological polar surface area (TPSA) is 21.3 Å². The van der Waals surface area contributed by atoms with Crippen LogP contribution in [0.5, 0.6) is 0 Å². The van der Waals surface area contributed by atoms with E-state index in [2.05, 4.69) is 33.0 Å². The van der Waals surface area contributed by atoms with Gasteiger partial charge in [-0.2, -0.15) is 0 Å². The molecule has 0 aromatic carbocycles. The lowest BCUT2D eigenvalue weighted by Crippen LogP contribution is -2.23. The van der Waals surface area contributed by atoms with E-state index >= 15 is 0 Å². The van der Waals surface area contributed by atoms with Crippen LogP contribution in [0.1, 0.15) is 53.4 Å². The van der Waals surface area contributed by atoms with Crippen molar-refractivity contribution in [2.24, 2.45) is 5.92 Å². The summed E-state index contributed by atoms with van der Waals surface area (Å²) in [6, 6.07) is 0. The number of hydrogen-bond donors (Lipinski definition) is 1. The zero-order chi connectivity index (χ0) is 11.3. The number of ether oxygens (including phenoxy) is 1. The molecular weight excluding hydrogens is 186 g/mol. The van der Waals surface area contributed by atoms with Crippen molar-refractivity contribution in [3.63, 3.8) is 0 Å². The van der Waals surface area contributed by atoms with Gasteiger partial charge in [0.25, 0.3) is 0 Å². The van der Waals surface area contributed by atoms with Gasteiger partial charge in [-0.3, -0.25) is 0 Å². The third-order valence-corrected chi connectivity index (χ3v) is 2.99. The zero-order valence-electron chi connectivity index (χ0n) is 10.8. The van der Waals surface area contributed by atoms with Crippen LogP contribution in [0.2, 0.25) is 0 Å². The van der Waals surface area contributed by atoms with Crippen molar-refractivity contribution < 1.29 is 4.74 Å². The summed E-state index contributed by atoms with van der Waals surface area (Å²) in [6.45, 7) is 11.2. The normalized spacial score (nSPS) is 25.0. The molecule has 1 atom stereocenters. The summed E-state index contributed by atoms with van der Waals surface area (Å²) in [7, 11) is 0. The molecule has 1 saturated heterocycles. The Morgan fingerprint density at radius 2 is 2.13 bits per heavy atom. The average molecular weight is 213 g/mol. The van der Waals surface area contributed by atoms with Crippen LogP contribution in [0.15, 0.2) is 0 Å². The fourth-order valence-corrected chi connectivity index (χ4v) is 2.13. The van der Waals surface area contributed by atoms with Crippen molar-refractivity contribution in [1.82, 2.24) is 5.32 Å². The Kier molecular flexibility index (Phi) is 5.07. The molecule has 1 unspecified atom stereocenters. The molecule has 0 spiro atoms. The van der Waals surface area contributed by atoms with Gasteiger partial charge in [0, 0.05) is 0 Å². The highest BCUT2D eigenvalue weighted by Gasteiger charge is 2.30. The molecule has 15 heavy (non-hydrogen) atoms. The quantitative estimate of drug-likeness (QED) is 0.685. The molecule has 1 N–H and O–H groups in total. The van der Waals surface area contributed by atoms with E-state index in [1.807, 2.05) is 0 Å². The summed E-state index contributed by atoms with van der Waals surface area (Å²) in [4.78, 5) is 0. The number of nitrogens with one attached hydrogen (secondary N) is 1. The summed E-state index contributed by atoms with van der Waals surface area (Å²) in [5.74, 6) is 0.756. The minimum atomic E-state index is 0.135. The van der Waals surface area contributed by atoms with Crippen LogP contribution < -0.4 is 5.32 Å². The highest BCUT2D eigenvalue weighted by Crippen LogP contribution is 2.31. The summed E-state index contributed by atoms with van der Waals surface area (Å²) in [6.07, 6.45) is 5.44. The van der Waals surface area contributed by atoms with Crippen LogP contribution >= 0.6 is 0 Å². The third-order valence-electron chi connectivity index (χ3n) is 2.99. The van der Waals surface area contributed by atoms with Crippen molar-refractivity contribution in [2.45, 2.75) is 65.1 Å². The lowest BCUT2D eigenvalue weighted by Gasteiger charge is -2.19. The monoisotopic (exact) mass is 213 g/mol. The van der Waals surface area contributed by atoms with Crippen molar-refractivity contribution in [3.05, 3.63) is 0 Å². The van der Waals surface area contributed by atoms with Gasteiger partial charge in [-0.05, 0) is 58.5 Å². The third kappa shape index (κ3) is 5.53. The van der Waals surface area contributed by atoms with Crippen LogP contribution in [0.4, 0.5) is 0 Å². The molecule has 0 aromatic heterocycles. The highest BCUT2D eigenvalue weighted by molar-refractivity contribution is 4.80. The molecule has 1 aliphatic rings. The first-order valence-electron chi connectivity index (χ1n) is 6.38. The minimum absolute atomic E-state index is 0.135. The molecule has 1 fully saturated rings. The molecule has 2 nitrogen and oxygen atoms in total. The molecule has 0 amide bonds. The molecule has 1 aliphatic heterocycles. The zero-order valence-corrected chi connectivity index (χ0v) is 10.8. The second kappa shape index (κ2) is 5.86. The van der Waals surface area contributed by atoms with E-state index in [0.29, 0.717) is 6.10 Å². The van der Waals surface area contributed by atoms with E-state index in [-0.39, 0.29) is 5.60 Å². The Balaban J connectivity index is 1.97. The van der Waals surface area contributed by atoms with Gasteiger partial charge in [-0.15, -0.1) is 0 Å². The smallest absolute Gasteiger partial charge is 0.0631 e. The molecule has 2 heteroatoms. The van der Waals surface area contributed by atoms with E-state index in [0.717, 1.165) is 19.0 Å². The largest absolute Gasteiger partial charge is 0.372 e. The Hall–Kier alpha value is -0.0800. The SMILES string of the molecule is CC(C)CNCCCC1CCC(C)(C)O1. The Morgan fingerprint density at radius 3 is 2.67 bits per heavy atom. The maximum absolute atomic E-state index is 5.95. The van der Waals surface area contributed by atoms with E-state index in [4.69, 9.17) is 4.74 Å². The van der Waals surface area contributed by atoms with Gasteiger partial charge >= 0.3 is 0 Å². The molecule has 1 heterocycles. The molecule has 1 rings (SSSR count). The maximum Gasteiger partial charge on any atom is 0.0631 e. The second-order valence-electron chi connectivity index (χ2n) is 5.78. The minimum Gasteiger partial charge on any atom is -0.372 e. The fourth-order valence-electron chi connectivity index (χ4n) is 2.13. The van der Waals surface area contributed by atoms with Gasteiger partial charge in [-0.25, -0.2) is 0 Å². The average Bonchev–Trinajstić information content (AvgIpc) is 2.44. The van der Waals surface area contributed by atoms with Crippen LogP contribution in [0, 0.1) is 5.92 Å². The first-order chi connectivity index (χ1) is 6.99. The maximum atomic E-state index is 5.95. The predicted octanol–water partition coefficient (Wildman–Crippen LogP) is 2.97. The molecular formula is C13H27NO. The van der Waals surface area contributed by atoms with Crippen molar-refractivity contribution in [2.75, 3.05) is 13.1 Å². The van der Waals surface area contributed by atoms with Crippen molar-refractivity contribution >= 4 is 0 Å². The van der Waals surface area contributed by atoms with Gasteiger partial charge in [0.05, 0.1) is 11.7 Å². The lowest BCUT2D eigenvalue weighted by atomic mass is 10.0. The van der Waals surface area contributed by atoms with Gasteiger partial charge < -0.3 is 10.1 Å². The van der Waals surface area contributed by atoms with Crippen molar-refractivity contribution in [3.8, 4) is 0 Å². The van der Waals surface area contributed by atoms with Crippen LogP contribution in [-0.2, 0) is 4.74 Å². The Morgan fingerprint density at radius 1 is 1.40 bits per heavy atom. The van der Waals surface area contributed by atoms with Gasteiger partial charge in [0.1, 0.15) is 0 Å². The molecule has 0 radical (unpaired) electrons. The number of rotatable bonds is 6. The fraction of sp³-hybridized carbons (Fsp3) is 1.00. The predicted molar refractivity (Wildman–Crippen MR) is 65.1 cm³/mol. The van der Waals surface area contributed by atoms with Gasteiger partial charge in [0.2, 0.25) is 0 Å². The second-order valence-corrected chi connectivity index (χ2v) is 5.78. The summed E-state index contributed by atoms with van der Waals surface area (Å²) in [5.41, 5.74) is 0.135. The van der Waals surface area contributed by atoms with E-state index in [1.165, 1.54) is 25.7 Å². The Bertz CT molecular complexity index is 177. The molecule has 0 aliphatic carbocycles. The van der Waals surface area contributed by atoms with Crippen LogP contribution in [-0.4, -0.2) is 24.8 Å². The van der Waals surface area contributed by atoms with E-state index in [1.54, 1.807) is 0 Å². The summed E-state index contributed by atoms with van der Waals surface area (Å²) < 4.78 is 5.95. The standard InChI is InChI=1S/C13H27NO/c1-11(2)10-14-9-5-6-12-7-8-13(3,4)15-12/h11-12,14H,5-10H2,1-4H3. The van der Waals surface area contributed by atoms with E-state index < -0.39 is 0 Å². The lowest BCUT2D eigenvalue weighted by molar-refractivity contribution is -0.0188. The summed E-state index contributed by atoms with van der Waals surface area (Å²) >= 11 is 0.